The van der Waals surface area contributed by atoms with E-state index in [1.807, 2.05) is 24.3 Å². The summed E-state index contributed by atoms with van der Waals surface area (Å²) in [4.78, 5) is 21.2. The summed E-state index contributed by atoms with van der Waals surface area (Å²) in [5, 5.41) is 10.9. The Morgan fingerprint density at radius 2 is 1.75 bits per heavy atom. The molecule has 0 bridgehead atoms. The number of carbonyl (C=O) groups excluding carboxylic acids is 1. The molecule has 190 valence electrons. The Morgan fingerprint density at radius 1 is 1.06 bits per heavy atom. The molecule has 2 fully saturated rings. The molecule has 1 aromatic heterocycles. The average Bonchev–Trinajstić information content (AvgIpc) is 3.32. The number of halogens is 2. The highest BCUT2D eigenvalue weighted by molar-refractivity contribution is 5.91. The van der Waals surface area contributed by atoms with Gasteiger partial charge in [-0.25, -0.2) is 13.8 Å². The lowest BCUT2D eigenvalue weighted by atomic mass is 9.90. The molecule has 2 aliphatic rings. The van der Waals surface area contributed by atoms with E-state index in [4.69, 9.17) is 4.42 Å². The fourth-order valence-electron chi connectivity index (χ4n) is 5.29. The molecule has 1 amide bonds. The predicted molar refractivity (Wildman–Crippen MR) is 133 cm³/mol. The molecule has 0 spiro atoms. The topological polar surface area (TPSA) is 69.8 Å². The third kappa shape index (κ3) is 5.82. The van der Waals surface area contributed by atoms with E-state index in [0.29, 0.717) is 31.1 Å². The minimum atomic E-state index is -0.674. The van der Waals surface area contributed by atoms with Crippen molar-refractivity contribution in [2.75, 3.05) is 32.7 Å². The molecule has 2 aromatic carbocycles. The Kier molecular flexibility index (Phi) is 7.43. The van der Waals surface area contributed by atoms with Crippen LogP contribution in [0.2, 0.25) is 0 Å². The number of oxazole rings is 1. The maximum absolute atomic E-state index is 13.3. The Hall–Kier alpha value is -3.10. The van der Waals surface area contributed by atoms with Gasteiger partial charge in [0.1, 0.15) is 17.2 Å². The SMILES string of the molecule is O=C(/C=C/c1cc(F)cc(F)c1)N1CCC(C(O)CN2CCC(c3nc4ccccc4o3)CC2)CC1. The third-order valence-electron chi connectivity index (χ3n) is 7.39. The van der Waals surface area contributed by atoms with Crippen LogP contribution < -0.4 is 0 Å². The Bertz CT molecular complexity index is 1170. The molecule has 6 nitrogen and oxygen atoms in total. The molecular formula is C28H31F2N3O3. The molecule has 0 aliphatic carbocycles. The highest BCUT2D eigenvalue weighted by atomic mass is 19.1. The number of β-amino-alcohol motifs (C(OH)–C–C–N with tert-alkyl or cyclic N) is 1. The minimum absolute atomic E-state index is 0.144. The molecule has 8 heteroatoms. The summed E-state index contributed by atoms with van der Waals surface area (Å²) < 4.78 is 32.6. The van der Waals surface area contributed by atoms with Crippen LogP contribution in [0.1, 0.15) is 43.1 Å². The predicted octanol–water partition coefficient (Wildman–Crippen LogP) is 4.60. The van der Waals surface area contributed by atoms with Gasteiger partial charge in [-0.1, -0.05) is 12.1 Å². The maximum atomic E-state index is 13.3. The van der Waals surface area contributed by atoms with Crippen LogP contribution in [0.4, 0.5) is 8.78 Å². The number of carbonyl (C=O) groups is 1. The molecule has 0 saturated carbocycles. The van der Waals surface area contributed by atoms with Gasteiger partial charge in [0.25, 0.3) is 0 Å². The molecule has 1 N–H and O–H groups in total. The first-order chi connectivity index (χ1) is 17.4. The second kappa shape index (κ2) is 10.9. The standard InChI is InChI=1S/C28H31F2N3O3/c29-22-15-19(16-23(30)17-22)5-6-27(35)33-13-9-20(10-14-33)25(34)18-32-11-7-21(8-12-32)28-31-24-3-1-2-4-26(24)36-28/h1-6,15-17,20-21,25,34H,7-14,18H2/b6-5+. The van der Waals surface area contributed by atoms with Crippen molar-refractivity contribution in [3.05, 3.63) is 71.6 Å². The van der Waals surface area contributed by atoms with E-state index in [2.05, 4.69) is 9.88 Å². The molecule has 3 aromatic rings. The van der Waals surface area contributed by atoms with Crippen LogP contribution in [0.25, 0.3) is 17.2 Å². The van der Waals surface area contributed by atoms with E-state index in [0.717, 1.165) is 61.8 Å². The minimum Gasteiger partial charge on any atom is -0.440 e. The number of hydrogen-bond acceptors (Lipinski definition) is 5. The molecule has 2 saturated heterocycles. The van der Waals surface area contributed by atoms with Crippen LogP contribution in [0.5, 0.6) is 0 Å². The van der Waals surface area contributed by atoms with Crippen LogP contribution in [-0.2, 0) is 4.79 Å². The normalized spacial score (nSPS) is 19.4. The summed E-state index contributed by atoms with van der Waals surface area (Å²) >= 11 is 0. The van der Waals surface area contributed by atoms with E-state index in [9.17, 15) is 18.7 Å². The summed E-state index contributed by atoms with van der Waals surface area (Å²) in [6.45, 7) is 3.53. The van der Waals surface area contributed by atoms with Crippen molar-refractivity contribution in [2.45, 2.75) is 37.7 Å². The number of rotatable bonds is 6. The second-order valence-corrected chi connectivity index (χ2v) is 9.86. The molecule has 0 radical (unpaired) electrons. The molecule has 3 heterocycles. The summed E-state index contributed by atoms with van der Waals surface area (Å²) in [6.07, 6.45) is 5.71. The zero-order chi connectivity index (χ0) is 25.1. The monoisotopic (exact) mass is 495 g/mol. The second-order valence-electron chi connectivity index (χ2n) is 9.86. The van der Waals surface area contributed by atoms with Crippen molar-refractivity contribution in [1.82, 2.24) is 14.8 Å². The Morgan fingerprint density at radius 3 is 2.44 bits per heavy atom. The number of hydrogen-bond donors (Lipinski definition) is 1. The quantitative estimate of drug-likeness (QED) is 0.507. The van der Waals surface area contributed by atoms with Crippen molar-refractivity contribution in [3.8, 4) is 0 Å². The van der Waals surface area contributed by atoms with Crippen LogP contribution in [0.15, 0.2) is 53.0 Å². The highest BCUT2D eigenvalue weighted by Gasteiger charge is 2.30. The highest BCUT2D eigenvalue weighted by Crippen LogP contribution is 2.30. The summed E-state index contributed by atoms with van der Waals surface area (Å²) in [7, 11) is 0. The lowest BCUT2D eigenvalue weighted by Crippen LogP contribution is -2.45. The maximum Gasteiger partial charge on any atom is 0.246 e. The fourth-order valence-corrected chi connectivity index (χ4v) is 5.29. The van der Waals surface area contributed by atoms with Crippen molar-refractivity contribution >= 4 is 23.1 Å². The largest absolute Gasteiger partial charge is 0.440 e. The smallest absolute Gasteiger partial charge is 0.246 e. The van der Waals surface area contributed by atoms with E-state index < -0.39 is 17.7 Å². The van der Waals surface area contributed by atoms with Gasteiger partial charge in [0.15, 0.2) is 11.5 Å². The number of aromatic nitrogens is 1. The summed E-state index contributed by atoms with van der Waals surface area (Å²) in [6, 6.07) is 11.0. The van der Waals surface area contributed by atoms with Crippen LogP contribution in [0, 0.1) is 17.6 Å². The van der Waals surface area contributed by atoms with Gasteiger partial charge in [0.2, 0.25) is 5.91 Å². The first kappa shape index (κ1) is 24.6. The third-order valence-corrected chi connectivity index (χ3v) is 7.39. The van der Waals surface area contributed by atoms with E-state index in [1.54, 1.807) is 4.90 Å². The van der Waals surface area contributed by atoms with Gasteiger partial charge >= 0.3 is 0 Å². The van der Waals surface area contributed by atoms with E-state index >= 15 is 0 Å². The number of aliphatic hydroxyl groups excluding tert-OH is 1. The average molecular weight is 496 g/mol. The first-order valence-electron chi connectivity index (χ1n) is 12.6. The number of aliphatic hydroxyl groups is 1. The van der Waals surface area contributed by atoms with Gasteiger partial charge in [0, 0.05) is 37.7 Å². The molecule has 1 atom stereocenters. The number of piperidine rings is 2. The molecule has 1 unspecified atom stereocenters. The molecule has 36 heavy (non-hydrogen) atoms. The Labute approximate surface area is 209 Å². The number of benzene rings is 2. The van der Waals surface area contributed by atoms with Gasteiger partial charge in [-0.2, -0.15) is 0 Å². The zero-order valence-electron chi connectivity index (χ0n) is 20.2. The van der Waals surface area contributed by atoms with Crippen LogP contribution in [-0.4, -0.2) is 64.6 Å². The lowest BCUT2D eigenvalue weighted by Gasteiger charge is -2.37. The van der Waals surface area contributed by atoms with E-state index in [-0.39, 0.29) is 11.8 Å². The van der Waals surface area contributed by atoms with Crippen molar-refractivity contribution in [2.24, 2.45) is 5.92 Å². The van der Waals surface area contributed by atoms with Gasteiger partial charge in [-0.3, -0.25) is 4.79 Å². The number of nitrogens with zero attached hydrogens (tertiary/aromatic N) is 3. The van der Waals surface area contributed by atoms with Gasteiger partial charge < -0.3 is 19.3 Å². The molecule has 2 aliphatic heterocycles. The van der Waals surface area contributed by atoms with Crippen LogP contribution in [0.3, 0.4) is 0 Å². The number of likely N-dealkylation sites (tertiary alicyclic amines) is 2. The molecule has 5 rings (SSSR count). The van der Waals surface area contributed by atoms with Crippen LogP contribution >= 0.6 is 0 Å². The lowest BCUT2D eigenvalue weighted by molar-refractivity contribution is -0.128. The first-order valence-corrected chi connectivity index (χ1v) is 12.6. The zero-order valence-corrected chi connectivity index (χ0v) is 20.2. The molecular weight excluding hydrogens is 464 g/mol. The number of para-hydroxylation sites is 2. The van der Waals surface area contributed by atoms with Crippen molar-refractivity contribution < 1.29 is 23.1 Å². The van der Waals surface area contributed by atoms with Crippen molar-refractivity contribution in [1.29, 1.82) is 0 Å². The van der Waals surface area contributed by atoms with E-state index in [1.165, 1.54) is 24.3 Å². The summed E-state index contributed by atoms with van der Waals surface area (Å²) in [5.74, 6) is -0.277. The van der Waals surface area contributed by atoms with Gasteiger partial charge in [0.05, 0.1) is 6.10 Å². The summed E-state index contributed by atoms with van der Waals surface area (Å²) in [5.41, 5.74) is 2.04. The van der Waals surface area contributed by atoms with Gasteiger partial charge in [-0.15, -0.1) is 0 Å². The fraction of sp³-hybridized carbons (Fsp3) is 0.429. The van der Waals surface area contributed by atoms with Gasteiger partial charge in [-0.05, 0) is 80.6 Å². The number of amides is 1. The van der Waals surface area contributed by atoms with Crippen molar-refractivity contribution in [3.63, 3.8) is 0 Å². The Balaban J connectivity index is 1.06. The number of fused-ring (bicyclic) bond motifs is 1.